The predicted molar refractivity (Wildman–Crippen MR) is 66.0 cm³/mol. The van der Waals surface area contributed by atoms with Gasteiger partial charge in [0, 0.05) is 12.7 Å². The van der Waals surface area contributed by atoms with Crippen molar-refractivity contribution in [3.8, 4) is 0 Å². The van der Waals surface area contributed by atoms with Crippen molar-refractivity contribution in [3.63, 3.8) is 0 Å². The Labute approximate surface area is 96.7 Å². The van der Waals surface area contributed by atoms with E-state index in [9.17, 15) is 4.79 Å². The lowest BCUT2D eigenvalue weighted by Gasteiger charge is -2.26. The largest absolute Gasteiger partial charge is 0.480 e. The molecule has 3 heteroatoms. The Bertz CT molecular complexity index is 388. The first-order valence-corrected chi connectivity index (χ1v) is 5.50. The quantitative estimate of drug-likeness (QED) is 0.849. The van der Waals surface area contributed by atoms with E-state index in [-0.39, 0.29) is 0 Å². The molecule has 1 N–H and O–H groups in total. The first-order valence-electron chi connectivity index (χ1n) is 5.50. The van der Waals surface area contributed by atoms with Gasteiger partial charge in [-0.15, -0.1) is 0 Å². The van der Waals surface area contributed by atoms with E-state index in [1.165, 1.54) is 11.1 Å². The van der Waals surface area contributed by atoms with Gasteiger partial charge < -0.3 is 10.0 Å². The summed E-state index contributed by atoms with van der Waals surface area (Å²) >= 11 is 0. The number of carboxylic acid groups (broad SMARTS) is 1. The summed E-state index contributed by atoms with van der Waals surface area (Å²) in [6, 6.07) is 5.56. The maximum Gasteiger partial charge on any atom is 0.326 e. The highest BCUT2D eigenvalue weighted by Crippen LogP contribution is 2.20. The number of aliphatic carboxylic acids is 1. The van der Waals surface area contributed by atoms with Crippen LogP contribution in [0.5, 0.6) is 0 Å². The Morgan fingerprint density at radius 2 is 2.00 bits per heavy atom. The fourth-order valence-electron chi connectivity index (χ4n) is 1.74. The minimum Gasteiger partial charge on any atom is -0.480 e. The lowest BCUT2D eigenvalue weighted by Crippen LogP contribution is -2.37. The fourth-order valence-corrected chi connectivity index (χ4v) is 1.74. The van der Waals surface area contributed by atoms with Crippen LogP contribution in [0.4, 0.5) is 5.69 Å². The third kappa shape index (κ3) is 2.54. The maximum atomic E-state index is 11.1. The van der Waals surface area contributed by atoms with Crippen LogP contribution in [0.3, 0.4) is 0 Å². The monoisotopic (exact) mass is 221 g/mol. The highest BCUT2D eigenvalue weighted by molar-refractivity contribution is 5.78. The zero-order valence-electron chi connectivity index (χ0n) is 10.3. The number of carbonyl (C=O) groups is 1. The summed E-state index contributed by atoms with van der Waals surface area (Å²) in [5.74, 6) is -0.775. The summed E-state index contributed by atoms with van der Waals surface area (Å²) in [4.78, 5) is 12.9. The number of anilines is 1. The molecule has 1 aromatic rings. The second-order valence-electron chi connectivity index (χ2n) is 4.14. The van der Waals surface area contributed by atoms with Gasteiger partial charge in [-0.3, -0.25) is 0 Å². The molecule has 3 nitrogen and oxygen atoms in total. The first kappa shape index (κ1) is 12.6. The van der Waals surface area contributed by atoms with Crippen molar-refractivity contribution >= 4 is 11.7 Å². The molecular formula is C13H19NO2. The van der Waals surface area contributed by atoms with Crippen LogP contribution in [0.15, 0.2) is 18.2 Å². The zero-order chi connectivity index (χ0) is 12.3. The van der Waals surface area contributed by atoms with Crippen LogP contribution in [-0.2, 0) is 4.79 Å². The van der Waals surface area contributed by atoms with Crippen LogP contribution in [0, 0.1) is 13.8 Å². The number of likely N-dealkylation sites (N-methyl/N-ethyl adjacent to an activating group) is 1. The van der Waals surface area contributed by atoms with E-state index in [1.807, 2.05) is 50.9 Å². The number of rotatable bonds is 4. The van der Waals surface area contributed by atoms with Crippen LogP contribution < -0.4 is 4.90 Å². The molecule has 88 valence electrons. The molecule has 0 saturated carbocycles. The van der Waals surface area contributed by atoms with Gasteiger partial charge in [0.15, 0.2) is 0 Å². The van der Waals surface area contributed by atoms with Gasteiger partial charge in [0.05, 0.1) is 0 Å². The number of nitrogens with zero attached hydrogens (tertiary/aromatic N) is 1. The van der Waals surface area contributed by atoms with Gasteiger partial charge in [-0.1, -0.05) is 13.0 Å². The lowest BCUT2D eigenvalue weighted by atomic mass is 10.1. The number of benzene rings is 1. The molecule has 0 aliphatic carbocycles. The summed E-state index contributed by atoms with van der Waals surface area (Å²) in [6.45, 7) is 5.97. The molecule has 0 fully saturated rings. The SMILES string of the molecule is CC[C@@H](C(=O)O)N(C)c1ccc(C)c(C)c1. The standard InChI is InChI=1S/C13H19NO2/c1-5-12(13(15)16)14(4)11-7-6-9(2)10(3)8-11/h6-8,12H,5H2,1-4H3,(H,15,16)/t12-/m0/s1. The summed E-state index contributed by atoms with van der Waals surface area (Å²) in [7, 11) is 1.83. The van der Waals surface area contributed by atoms with E-state index >= 15 is 0 Å². The van der Waals surface area contributed by atoms with E-state index < -0.39 is 12.0 Å². The molecule has 16 heavy (non-hydrogen) atoms. The molecule has 0 aromatic heterocycles. The Balaban J connectivity index is 2.99. The van der Waals surface area contributed by atoms with Crippen molar-refractivity contribution in [2.45, 2.75) is 33.2 Å². The second-order valence-corrected chi connectivity index (χ2v) is 4.14. The minimum absolute atomic E-state index is 0.456. The van der Waals surface area contributed by atoms with Crippen LogP contribution >= 0.6 is 0 Å². The molecule has 0 aliphatic heterocycles. The highest BCUT2D eigenvalue weighted by Gasteiger charge is 2.20. The Hall–Kier alpha value is -1.51. The molecule has 0 radical (unpaired) electrons. The van der Waals surface area contributed by atoms with E-state index in [1.54, 1.807) is 0 Å². The van der Waals surface area contributed by atoms with Gasteiger partial charge >= 0.3 is 5.97 Å². The first-order chi connectivity index (χ1) is 7.47. The van der Waals surface area contributed by atoms with Gasteiger partial charge in [0.1, 0.15) is 6.04 Å². The van der Waals surface area contributed by atoms with Gasteiger partial charge in [-0.25, -0.2) is 4.79 Å². The molecule has 1 atom stereocenters. The summed E-state index contributed by atoms with van der Waals surface area (Å²) in [5.41, 5.74) is 3.36. The number of aryl methyl sites for hydroxylation is 2. The van der Waals surface area contributed by atoms with Crippen molar-refractivity contribution in [2.24, 2.45) is 0 Å². The van der Waals surface area contributed by atoms with Crippen molar-refractivity contribution in [2.75, 3.05) is 11.9 Å². The van der Waals surface area contributed by atoms with Crippen molar-refractivity contribution < 1.29 is 9.90 Å². The average molecular weight is 221 g/mol. The molecule has 0 bridgehead atoms. The van der Waals surface area contributed by atoms with Gasteiger partial charge in [-0.05, 0) is 43.5 Å². The third-order valence-corrected chi connectivity index (χ3v) is 3.04. The number of hydrogen-bond donors (Lipinski definition) is 1. The van der Waals surface area contributed by atoms with E-state index in [0.29, 0.717) is 6.42 Å². The maximum absolute atomic E-state index is 11.1. The number of carboxylic acids is 1. The fraction of sp³-hybridized carbons (Fsp3) is 0.462. The molecule has 0 aliphatic rings. The predicted octanol–water partition coefficient (Wildman–Crippen LogP) is 2.60. The molecule has 1 rings (SSSR count). The summed E-state index contributed by atoms with van der Waals surface area (Å²) in [5, 5.41) is 9.09. The van der Waals surface area contributed by atoms with Crippen molar-refractivity contribution in [3.05, 3.63) is 29.3 Å². The molecule has 0 unspecified atom stereocenters. The van der Waals surface area contributed by atoms with Crippen LogP contribution in [0.2, 0.25) is 0 Å². The molecule has 0 heterocycles. The normalized spacial score (nSPS) is 12.2. The van der Waals surface area contributed by atoms with E-state index in [0.717, 1.165) is 5.69 Å². The molecule has 0 saturated heterocycles. The Morgan fingerprint density at radius 3 is 2.44 bits per heavy atom. The lowest BCUT2D eigenvalue weighted by molar-refractivity contribution is -0.138. The number of hydrogen-bond acceptors (Lipinski definition) is 2. The van der Waals surface area contributed by atoms with Crippen LogP contribution in [0.1, 0.15) is 24.5 Å². The van der Waals surface area contributed by atoms with E-state index in [2.05, 4.69) is 0 Å². The summed E-state index contributed by atoms with van der Waals surface area (Å²) in [6.07, 6.45) is 0.596. The van der Waals surface area contributed by atoms with Gasteiger partial charge in [0.25, 0.3) is 0 Å². The minimum atomic E-state index is -0.775. The molecular weight excluding hydrogens is 202 g/mol. The molecule has 0 spiro atoms. The Morgan fingerprint density at radius 1 is 1.38 bits per heavy atom. The van der Waals surface area contributed by atoms with Gasteiger partial charge in [0.2, 0.25) is 0 Å². The van der Waals surface area contributed by atoms with E-state index in [4.69, 9.17) is 5.11 Å². The molecule has 1 aromatic carbocycles. The Kier molecular flexibility index (Phi) is 3.93. The average Bonchev–Trinajstić information content (AvgIpc) is 2.22. The second kappa shape index (κ2) is 5.01. The molecule has 0 amide bonds. The van der Waals surface area contributed by atoms with Crippen LogP contribution in [-0.4, -0.2) is 24.2 Å². The summed E-state index contributed by atoms with van der Waals surface area (Å²) < 4.78 is 0. The highest BCUT2D eigenvalue weighted by atomic mass is 16.4. The van der Waals surface area contributed by atoms with Crippen LogP contribution in [0.25, 0.3) is 0 Å². The van der Waals surface area contributed by atoms with Crippen molar-refractivity contribution in [1.29, 1.82) is 0 Å². The third-order valence-electron chi connectivity index (χ3n) is 3.04. The smallest absolute Gasteiger partial charge is 0.326 e. The topological polar surface area (TPSA) is 40.5 Å². The van der Waals surface area contributed by atoms with Crippen molar-refractivity contribution in [1.82, 2.24) is 0 Å². The van der Waals surface area contributed by atoms with Gasteiger partial charge in [-0.2, -0.15) is 0 Å². The zero-order valence-corrected chi connectivity index (χ0v) is 10.3.